The predicted octanol–water partition coefficient (Wildman–Crippen LogP) is 6.64. The number of amides is 1. The summed E-state index contributed by atoms with van der Waals surface area (Å²) in [6.45, 7) is 2.77. The highest BCUT2D eigenvalue weighted by Gasteiger charge is 2.11. The van der Waals surface area contributed by atoms with Crippen molar-refractivity contribution in [3.63, 3.8) is 0 Å². The van der Waals surface area contributed by atoms with Gasteiger partial charge in [0.05, 0.1) is 12.3 Å². The van der Waals surface area contributed by atoms with Crippen molar-refractivity contribution in [2.45, 2.75) is 13.3 Å². The Morgan fingerprint density at radius 3 is 2.48 bits per heavy atom. The normalized spacial score (nSPS) is 10.5. The standard InChI is InChI=1S/C25H22N2O3S/c1-2-15-29-20-13-11-18(12-14-20)23-17-31-25(26-23)27-24(28)19-7-6-10-22(16-19)30-21-8-4-3-5-9-21/h3-14,16-17H,2,15H2,1H3,(H,26,27,28). The first kappa shape index (κ1) is 20.6. The second kappa shape index (κ2) is 9.91. The molecule has 0 bridgehead atoms. The Morgan fingerprint density at radius 2 is 1.71 bits per heavy atom. The molecule has 0 saturated heterocycles. The lowest BCUT2D eigenvalue weighted by Gasteiger charge is -2.07. The number of thiazole rings is 1. The average Bonchev–Trinajstić information content (AvgIpc) is 3.27. The smallest absolute Gasteiger partial charge is 0.257 e. The van der Waals surface area contributed by atoms with Crippen molar-refractivity contribution in [3.05, 3.63) is 89.8 Å². The quantitative estimate of drug-likeness (QED) is 0.340. The summed E-state index contributed by atoms with van der Waals surface area (Å²) < 4.78 is 11.4. The molecule has 0 aliphatic rings. The minimum Gasteiger partial charge on any atom is -0.494 e. The van der Waals surface area contributed by atoms with E-state index in [1.165, 1.54) is 11.3 Å². The maximum Gasteiger partial charge on any atom is 0.257 e. The number of nitrogens with zero attached hydrogens (tertiary/aromatic N) is 1. The Kier molecular flexibility index (Phi) is 6.59. The third-order valence-corrected chi connectivity index (χ3v) is 5.18. The highest BCUT2D eigenvalue weighted by atomic mass is 32.1. The van der Waals surface area contributed by atoms with Gasteiger partial charge in [-0.05, 0) is 61.0 Å². The number of nitrogens with one attached hydrogen (secondary N) is 1. The van der Waals surface area contributed by atoms with Gasteiger partial charge < -0.3 is 9.47 Å². The van der Waals surface area contributed by atoms with Gasteiger partial charge in [-0.25, -0.2) is 4.98 Å². The number of ether oxygens (including phenoxy) is 2. The molecule has 5 nitrogen and oxygen atoms in total. The first-order valence-corrected chi connectivity index (χ1v) is 10.9. The molecule has 1 heterocycles. The lowest BCUT2D eigenvalue weighted by molar-refractivity contribution is 0.102. The van der Waals surface area contributed by atoms with E-state index in [4.69, 9.17) is 9.47 Å². The van der Waals surface area contributed by atoms with Gasteiger partial charge in [0, 0.05) is 16.5 Å². The van der Waals surface area contributed by atoms with Gasteiger partial charge in [-0.3, -0.25) is 10.1 Å². The first-order valence-electron chi connectivity index (χ1n) is 10.0. The van der Waals surface area contributed by atoms with Crippen LogP contribution in [0, 0.1) is 0 Å². The lowest BCUT2D eigenvalue weighted by Crippen LogP contribution is -2.11. The Balaban J connectivity index is 1.41. The lowest BCUT2D eigenvalue weighted by atomic mass is 10.2. The number of carbonyl (C=O) groups is 1. The highest BCUT2D eigenvalue weighted by Crippen LogP contribution is 2.27. The molecule has 0 fully saturated rings. The van der Waals surface area contributed by atoms with Gasteiger partial charge >= 0.3 is 0 Å². The minimum absolute atomic E-state index is 0.234. The van der Waals surface area contributed by atoms with E-state index < -0.39 is 0 Å². The number of carbonyl (C=O) groups excluding carboxylic acids is 1. The fourth-order valence-corrected chi connectivity index (χ4v) is 3.62. The fourth-order valence-electron chi connectivity index (χ4n) is 2.90. The van der Waals surface area contributed by atoms with Gasteiger partial charge in [0.15, 0.2) is 5.13 Å². The molecule has 1 amide bonds. The van der Waals surface area contributed by atoms with Crippen LogP contribution in [0.25, 0.3) is 11.3 Å². The summed E-state index contributed by atoms with van der Waals surface area (Å²) in [4.78, 5) is 17.2. The number of hydrogen-bond acceptors (Lipinski definition) is 5. The van der Waals surface area contributed by atoms with E-state index in [-0.39, 0.29) is 5.91 Å². The highest BCUT2D eigenvalue weighted by molar-refractivity contribution is 7.14. The van der Waals surface area contributed by atoms with Crippen LogP contribution in [0.2, 0.25) is 0 Å². The largest absolute Gasteiger partial charge is 0.494 e. The van der Waals surface area contributed by atoms with Crippen LogP contribution in [-0.4, -0.2) is 17.5 Å². The van der Waals surface area contributed by atoms with Crippen molar-refractivity contribution < 1.29 is 14.3 Å². The topological polar surface area (TPSA) is 60.5 Å². The second-order valence-electron chi connectivity index (χ2n) is 6.81. The Hall–Kier alpha value is -3.64. The molecule has 1 N–H and O–H groups in total. The van der Waals surface area contributed by atoms with Crippen molar-refractivity contribution in [2.75, 3.05) is 11.9 Å². The van der Waals surface area contributed by atoms with E-state index >= 15 is 0 Å². The van der Waals surface area contributed by atoms with Gasteiger partial charge in [-0.2, -0.15) is 0 Å². The van der Waals surface area contributed by atoms with Gasteiger partial charge in [-0.1, -0.05) is 31.2 Å². The Morgan fingerprint density at radius 1 is 0.935 bits per heavy atom. The monoisotopic (exact) mass is 430 g/mol. The zero-order chi connectivity index (χ0) is 21.5. The van der Waals surface area contributed by atoms with E-state index in [2.05, 4.69) is 17.2 Å². The van der Waals surface area contributed by atoms with Crippen molar-refractivity contribution in [1.29, 1.82) is 0 Å². The maximum atomic E-state index is 12.7. The van der Waals surface area contributed by atoms with Crippen LogP contribution in [0.5, 0.6) is 17.2 Å². The average molecular weight is 431 g/mol. The second-order valence-corrected chi connectivity index (χ2v) is 7.67. The van der Waals surface area contributed by atoms with Crippen LogP contribution in [0.4, 0.5) is 5.13 Å². The molecule has 6 heteroatoms. The van der Waals surface area contributed by atoms with Crippen molar-refractivity contribution in [3.8, 4) is 28.5 Å². The zero-order valence-corrected chi connectivity index (χ0v) is 17.9. The summed E-state index contributed by atoms with van der Waals surface area (Å²) in [6.07, 6.45) is 0.970. The van der Waals surface area contributed by atoms with Crippen LogP contribution in [-0.2, 0) is 0 Å². The first-order chi connectivity index (χ1) is 15.2. The van der Waals surface area contributed by atoms with Crippen LogP contribution < -0.4 is 14.8 Å². The van der Waals surface area contributed by atoms with Crippen molar-refractivity contribution in [2.24, 2.45) is 0 Å². The van der Waals surface area contributed by atoms with Crippen LogP contribution >= 0.6 is 11.3 Å². The third-order valence-electron chi connectivity index (χ3n) is 4.42. The molecule has 0 spiro atoms. The molecule has 0 unspecified atom stereocenters. The number of benzene rings is 3. The summed E-state index contributed by atoms with van der Waals surface area (Å²) in [7, 11) is 0. The van der Waals surface area contributed by atoms with Gasteiger partial charge in [0.25, 0.3) is 5.91 Å². The van der Waals surface area contributed by atoms with Gasteiger partial charge in [0.2, 0.25) is 0 Å². The molecular formula is C25H22N2O3S. The number of hydrogen-bond donors (Lipinski definition) is 1. The van der Waals surface area contributed by atoms with Crippen LogP contribution in [0.15, 0.2) is 84.2 Å². The summed E-state index contributed by atoms with van der Waals surface area (Å²) in [5, 5.41) is 5.33. The van der Waals surface area contributed by atoms with Gasteiger partial charge in [0.1, 0.15) is 17.2 Å². The Bertz CT molecular complexity index is 1140. The number of rotatable bonds is 8. The molecule has 0 aliphatic heterocycles. The SMILES string of the molecule is CCCOc1ccc(-c2csc(NC(=O)c3cccc(Oc4ccccc4)c3)n2)cc1. The maximum absolute atomic E-state index is 12.7. The molecule has 4 rings (SSSR count). The van der Waals surface area contributed by atoms with E-state index in [1.807, 2.05) is 66.0 Å². The number of para-hydroxylation sites is 1. The molecule has 3 aromatic carbocycles. The molecule has 31 heavy (non-hydrogen) atoms. The fraction of sp³-hybridized carbons (Fsp3) is 0.120. The summed E-state index contributed by atoms with van der Waals surface area (Å²) in [5.74, 6) is 1.93. The molecular weight excluding hydrogens is 408 g/mol. The number of aromatic nitrogens is 1. The predicted molar refractivity (Wildman–Crippen MR) is 124 cm³/mol. The Labute approximate surface area is 185 Å². The summed E-state index contributed by atoms with van der Waals surface area (Å²) >= 11 is 1.39. The molecule has 0 saturated carbocycles. The van der Waals surface area contributed by atoms with E-state index in [0.717, 1.165) is 29.2 Å². The summed E-state index contributed by atoms with van der Waals surface area (Å²) in [6, 6.07) is 24.3. The van der Waals surface area contributed by atoms with Crippen LogP contribution in [0.3, 0.4) is 0 Å². The van der Waals surface area contributed by atoms with E-state index in [1.54, 1.807) is 18.2 Å². The van der Waals surface area contributed by atoms with Crippen molar-refractivity contribution in [1.82, 2.24) is 4.98 Å². The molecule has 0 radical (unpaired) electrons. The van der Waals surface area contributed by atoms with Crippen LogP contribution in [0.1, 0.15) is 23.7 Å². The van der Waals surface area contributed by atoms with Crippen molar-refractivity contribution >= 4 is 22.4 Å². The molecule has 1 aromatic heterocycles. The molecule has 0 aliphatic carbocycles. The van der Waals surface area contributed by atoms with E-state index in [9.17, 15) is 4.79 Å². The zero-order valence-electron chi connectivity index (χ0n) is 17.1. The minimum atomic E-state index is -0.234. The third kappa shape index (κ3) is 5.49. The van der Waals surface area contributed by atoms with E-state index in [0.29, 0.717) is 23.1 Å². The molecule has 0 atom stereocenters. The molecule has 4 aromatic rings. The molecule has 156 valence electrons. The summed E-state index contributed by atoms with van der Waals surface area (Å²) in [5.41, 5.74) is 2.28. The van der Waals surface area contributed by atoms with Gasteiger partial charge in [-0.15, -0.1) is 11.3 Å². The number of anilines is 1.